The topological polar surface area (TPSA) is 122 Å². The first-order chi connectivity index (χ1) is 16.9. The van der Waals surface area contributed by atoms with Crippen LogP contribution in [0.3, 0.4) is 0 Å². The van der Waals surface area contributed by atoms with E-state index < -0.39 is 18.0 Å². The van der Waals surface area contributed by atoms with Crippen molar-refractivity contribution in [2.75, 3.05) is 19.7 Å². The van der Waals surface area contributed by atoms with Crippen LogP contribution in [0.1, 0.15) is 40.0 Å². The molecule has 9 nitrogen and oxygen atoms in total. The number of rotatable bonds is 6. The van der Waals surface area contributed by atoms with Crippen LogP contribution < -0.4 is 5.32 Å². The number of benzene rings is 2. The summed E-state index contributed by atoms with van der Waals surface area (Å²) in [7, 11) is 0. The maximum atomic E-state index is 12.9. The minimum atomic E-state index is -0.921. The number of amides is 2. The number of aliphatic carboxylic acids is 1. The molecule has 5 rings (SSSR count). The molecule has 2 atom stereocenters. The highest BCUT2D eigenvalue weighted by Crippen LogP contribution is 2.44. The second-order valence-corrected chi connectivity index (χ2v) is 8.99. The Morgan fingerprint density at radius 1 is 1.09 bits per heavy atom. The van der Waals surface area contributed by atoms with Crippen LogP contribution in [0.25, 0.3) is 11.1 Å². The Morgan fingerprint density at radius 2 is 1.74 bits per heavy atom. The van der Waals surface area contributed by atoms with Gasteiger partial charge in [0.1, 0.15) is 24.1 Å². The molecule has 1 aliphatic heterocycles. The van der Waals surface area contributed by atoms with Gasteiger partial charge in [-0.2, -0.15) is 0 Å². The third-order valence-electron chi connectivity index (χ3n) is 6.84. The smallest absolute Gasteiger partial charge is 0.407 e. The summed E-state index contributed by atoms with van der Waals surface area (Å²) in [5.74, 6) is -2.11. The molecule has 2 aromatic carbocycles. The number of carbonyl (C=O) groups is 3. The fourth-order valence-corrected chi connectivity index (χ4v) is 4.99. The molecule has 2 unspecified atom stereocenters. The number of carboxylic acid groups (broad SMARTS) is 1. The zero-order chi connectivity index (χ0) is 24.5. The van der Waals surface area contributed by atoms with E-state index in [9.17, 15) is 19.5 Å². The van der Waals surface area contributed by atoms with E-state index in [-0.39, 0.29) is 48.7 Å². The number of nitrogens with zero attached hydrogens (tertiary/aromatic N) is 2. The van der Waals surface area contributed by atoms with E-state index >= 15 is 0 Å². The average molecular weight is 476 g/mol. The lowest BCUT2D eigenvalue weighted by Crippen LogP contribution is -2.31. The van der Waals surface area contributed by atoms with Gasteiger partial charge in [-0.3, -0.25) is 9.59 Å². The number of carbonyl (C=O) groups excluding carboxylic acids is 2. The van der Waals surface area contributed by atoms with Crippen molar-refractivity contribution >= 4 is 18.0 Å². The summed E-state index contributed by atoms with van der Waals surface area (Å²) in [6.07, 6.45) is 0.588. The fourth-order valence-electron chi connectivity index (χ4n) is 4.99. The molecule has 0 saturated carbocycles. The summed E-state index contributed by atoms with van der Waals surface area (Å²) in [6.45, 7) is 2.38. The van der Waals surface area contributed by atoms with Gasteiger partial charge in [-0.25, -0.2) is 4.79 Å². The van der Waals surface area contributed by atoms with E-state index in [0.717, 1.165) is 22.3 Å². The van der Waals surface area contributed by atoms with Crippen LogP contribution in [0.4, 0.5) is 4.79 Å². The molecule has 2 amide bonds. The van der Waals surface area contributed by atoms with Gasteiger partial charge in [0, 0.05) is 19.0 Å². The van der Waals surface area contributed by atoms with Gasteiger partial charge >= 0.3 is 12.1 Å². The van der Waals surface area contributed by atoms with Crippen LogP contribution >= 0.6 is 0 Å². The summed E-state index contributed by atoms with van der Waals surface area (Å²) < 4.78 is 10.5. The Labute approximate surface area is 201 Å². The lowest BCUT2D eigenvalue weighted by Gasteiger charge is -2.16. The van der Waals surface area contributed by atoms with E-state index in [2.05, 4.69) is 22.6 Å². The molecule has 0 radical (unpaired) electrons. The third kappa shape index (κ3) is 4.25. The maximum Gasteiger partial charge on any atom is 0.407 e. The highest BCUT2D eigenvalue weighted by atomic mass is 16.5. The quantitative estimate of drug-likeness (QED) is 0.559. The Bertz CT molecular complexity index is 1240. The van der Waals surface area contributed by atoms with Crippen LogP contribution in [0.5, 0.6) is 0 Å². The van der Waals surface area contributed by atoms with Gasteiger partial charge in [0.25, 0.3) is 5.91 Å². The van der Waals surface area contributed by atoms with Gasteiger partial charge in [0.15, 0.2) is 0 Å². The minimum Gasteiger partial charge on any atom is -0.481 e. The van der Waals surface area contributed by atoms with Gasteiger partial charge in [-0.15, -0.1) is 0 Å². The largest absolute Gasteiger partial charge is 0.481 e. The molecule has 2 N–H and O–H groups in total. The second-order valence-electron chi connectivity index (χ2n) is 8.99. The highest BCUT2D eigenvalue weighted by molar-refractivity contribution is 5.95. The van der Waals surface area contributed by atoms with E-state index in [1.807, 2.05) is 36.4 Å². The minimum absolute atomic E-state index is 0.0556. The van der Waals surface area contributed by atoms with Crippen molar-refractivity contribution < 1.29 is 28.8 Å². The predicted octanol–water partition coefficient (Wildman–Crippen LogP) is 3.51. The fraction of sp³-hybridized carbons (Fsp3) is 0.308. The first-order valence-corrected chi connectivity index (χ1v) is 11.5. The lowest BCUT2D eigenvalue weighted by atomic mass is 9.98. The first kappa shape index (κ1) is 22.6. The summed E-state index contributed by atoms with van der Waals surface area (Å²) in [5, 5.41) is 15.8. The van der Waals surface area contributed by atoms with E-state index in [4.69, 9.17) is 9.26 Å². The third-order valence-corrected chi connectivity index (χ3v) is 6.84. The molecule has 2 aliphatic rings. The van der Waals surface area contributed by atoms with Crippen LogP contribution in [-0.2, 0) is 16.1 Å². The van der Waals surface area contributed by atoms with Gasteiger partial charge < -0.3 is 24.6 Å². The summed E-state index contributed by atoms with van der Waals surface area (Å²) in [5.41, 5.74) is 4.97. The van der Waals surface area contributed by atoms with E-state index in [1.54, 1.807) is 6.92 Å². The van der Waals surface area contributed by atoms with Crippen molar-refractivity contribution in [1.82, 2.24) is 15.4 Å². The average Bonchev–Trinajstić information content (AvgIpc) is 3.57. The van der Waals surface area contributed by atoms with Crippen LogP contribution in [0.15, 0.2) is 59.3 Å². The number of likely N-dealkylation sites (tertiary alicyclic amines) is 1. The molecule has 1 aromatic heterocycles. The van der Waals surface area contributed by atoms with Gasteiger partial charge in [0.2, 0.25) is 0 Å². The van der Waals surface area contributed by atoms with Gasteiger partial charge in [-0.1, -0.05) is 60.6 Å². The zero-order valence-electron chi connectivity index (χ0n) is 19.1. The molecule has 180 valence electrons. The highest BCUT2D eigenvalue weighted by Gasteiger charge is 2.38. The molecule has 3 aromatic rings. The predicted molar refractivity (Wildman–Crippen MR) is 125 cm³/mol. The number of aromatic nitrogens is 1. The number of fused-ring (bicyclic) bond motifs is 3. The standard InChI is InChI=1S/C26H25N3O6/c1-15-11-29(12-20(15)25(31)32)24(30)22-14-35-28-23(22)10-27-26(33)34-13-21-18-8-4-2-6-16(18)17-7-3-5-9-19(17)21/h2-9,14-15,20-21H,10-13H2,1H3,(H,27,33)(H,31,32). The molecule has 2 heterocycles. The van der Waals surface area contributed by atoms with Crippen LogP contribution in [0.2, 0.25) is 0 Å². The molecule has 35 heavy (non-hydrogen) atoms. The Hall–Kier alpha value is -4.14. The second kappa shape index (κ2) is 9.25. The molecular formula is C26H25N3O6. The summed E-state index contributed by atoms with van der Waals surface area (Å²) >= 11 is 0. The molecule has 1 saturated heterocycles. The monoisotopic (exact) mass is 475 g/mol. The maximum absolute atomic E-state index is 12.9. The normalized spacial score (nSPS) is 18.7. The van der Waals surface area contributed by atoms with Crippen molar-refractivity contribution in [2.24, 2.45) is 11.8 Å². The molecule has 1 fully saturated rings. The number of alkyl carbamates (subject to hydrolysis) is 1. The molecular weight excluding hydrogens is 450 g/mol. The lowest BCUT2D eigenvalue weighted by molar-refractivity contribution is -0.142. The Morgan fingerprint density at radius 3 is 2.37 bits per heavy atom. The SMILES string of the molecule is CC1CN(C(=O)c2conc2CNC(=O)OCC2c3ccccc3-c3ccccc32)CC1C(=O)O. The van der Waals surface area contributed by atoms with Crippen LogP contribution in [-0.4, -0.2) is 52.8 Å². The molecule has 1 aliphatic carbocycles. The molecule has 9 heteroatoms. The zero-order valence-corrected chi connectivity index (χ0v) is 19.1. The number of hydrogen-bond acceptors (Lipinski definition) is 6. The number of nitrogens with one attached hydrogen (secondary N) is 1. The number of hydrogen-bond donors (Lipinski definition) is 2. The Balaban J connectivity index is 1.19. The summed E-state index contributed by atoms with van der Waals surface area (Å²) in [4.78, 5) is 38.2. The van der Waals surface area contributed by atoms with Crippen molar-refractivity contribution in [3.8, 4) is 11.1 Å². The number of ether oxygens (including phenoxy) is 1. The Kier molecular flexibility index (Phi) is 5.98. The van der Waals surface area contributed by atoms with Crippen molar-refractivity contribution in [3.63, 3.8) is 0 Å². The summed E-state index contributed by atoms with van der Waals surface area (Å²) in [6, 6.07) is 16.2. The van der Waals surface area contributed by atoms with Crippen LogP contribution in [0, 0.1) is 11.8 Å². The van der Waals surface area contributed by atoms with Gasteiger partial charge in [0.05, 0.1) is 12.5 Å². The van der Waals surface area contributed by atoms with Crippen molar-refractivity contribution in [1.29, 1.82) is 0 Å². The number of carboxylic acids is 1. The van der Waals surface area contributed by atoms with E-state index in [1.165, 1.54) is 11.2 Å². The molecule has 0 spiro atoms. The van der Waals surface area contributed by atoms with Crippen molar-refractivity contribution in [2.45, 2.75) is 19.4 Å². The van der Waals surface area contributed by atoms with Crippen molar-refractivity contribution in [3.05, 3.63) is 77.2 Å². The van der Waals surface area contributed by atoms with E-state index in [0.29, 0.717) is 6.54 Å². The first-order valence-electron chi connectivity index (χ1n) is 11.5. The van der Waals surface area contributed by atoms with Gasteiger partial charge in [-0.05, 0) is 28.2 Å². The molecule has 0 bridgehead atoms.